The van der Waals surface area contributed by atoms with Crippen molar-refractivity contribution >= 4 is 34.4 Å². The van der Waals surface area contributed by atoms with Gasteiger partial charge < -0.3 is 20.1 Å². The van der Waals surface area contributed by atoms with E-state index in [4.69, 9.17) is 9.47 Å². The van der Waals surface area contributed by atoms with Crippen LogP contribution < -0.4 is 10.6 Å². The van der Waals surface area contributed by atoms with Gasteiger partial charge >= 0.3 is 0 Å². The standard InChI is InChI=1S/C13H25IN2O4/c1-2-3-12(17)15-6-8-19-10-11-20-9-7-16-13(18)4-5-14/h2-11H2,1H3,(H,15,17)(H,16,18). The number of halogens is 1. The van der Waals surface area contributed by atoms with Crippen LogP contribution in [0.3, 0.4) is 0 Å². The molecule has 20 heavy (non-hydrogen) atoms. The monoisotopic (exact) mass is 400 g/mol. The molecule has 0 bridgehead atoms. The van der Waals surface area contributed by atoms with E-state index in [2.05, 4.69) is 33.2 Å². The molecule has 0 aromatic rings. The molecule has 0 aliphatic rings. The minimum atomic E-state index is 0.0575. The van der Waals surface area contributed by atoms with Crippen molar-refractivity contribution in [1.29, 1.82) is 0 Å². The third-order valence-electron chi connectivity index (χ3n) is 2.31. The first-order valence-corrected chi connectivity index (χ1v) is 8.48. The number of amides is 2. The molecular weight excluding hydrogens is 375 g/mol. The summed E-state index contributed by atoms with van der Waals surface area (Å²) in [5.41, 5.74) is 0. The zero-order chi connectivity index (χ0) is 15.1. The van der Waals surface area contributed by atoms with Gasteiger partial charge in [0.1, 0.15) is 0 Å². The molecule has 0 radical (unpaired) electrons. The topological polar surface area (TPSA) is 76.7 Å². The number of hydrogen-bond donors (Lipinski definition) is 2. The molecule has 0 aromatic heterocycles. The van der Waals surface area contributed by atoms with Gasteiger partial charge in [-0.05, 0) is 6.42 Å². The Morgan fingerprint density at radius 1 is 0.900 bits per heavy atom. The predicted octanol–water partition coefficient (Wildman–Crippen LogP) is 0.877. The highest BCUT2D eigenvalue weighted by atomic mass is 127. The molecule has 118 valence electrons. The summed E-state index contributed by atoms with van der Waals surface area (Å²) in [6, 6.07) is 0. The van der Waals surface area contributed by atoms with E-state index in [1.165, 1.54) is 0 Å². The van der Waals surface area contributed by atoms with E-state index in [1.807, 2.05) is 6.92 Å². The van der Waals surface area contributed by atoms with Gasteiger partial charge in [-0.3, -0.25) is 9.59 Å². The van der Waals surface area contributed by atoms with Gasteiger partial charge in [0.25, 0.3) is 0 Å². The van der Waals surface area contributed by atoms with E-state index < -0.39 is 0 Å². The van der Waals surface area contributed by atoms with E-state index in [-0.39, 0.29) is 11.8 Å². The molecule has 0 aliphatic heterocycles. The third kappa shape index (κ3) is 14.0. The molecule has 6 nitrogen and oxygen atoms in total. The maximum atomic E-state index is 11.1. The summed E-state index contributed by atoms with van der Waals surface area (Å²) in [6.45, 7) is 5.00. The Morgan fingerprint density at radius 3 is 1.85 bits per heavy atom. The van der Waals surface area contributed by atoms with Crippen molar-refractivity contribution < 1.29 is 19.1 Å². The van der Waals surface area contributed by atoms with Gasteiger partial charge in [-0.1, -0.05) is 29.5 Å². The Hall–Kier alpha value is -0.410. The molecule has 0 fully saturated rings. The van der Waals surface area contributed by atoms with Crippen molar-refractivity contribution in [3.05, 3.63) is 0 Å². The van der Waals surface area contributed by atoms with Crippen LogP contribution in [0, 0.1) is 0 Å². The van der Waals surface area contributed by atoms with Gasteiger partial charge in [-0.2, -0.15) is 0 Å². The van der Waals surface area contributed by atoms with Crippen LogP contribution >= 0.6 is 22.6 Å². The molecule has 0 spiro atoms. The van der Waals surface area contributed by atoms with Crippen molar-refractivity contribution in [2.24, 2.45) is 0 Å². The van der Waals surface area contributed by atoms with Crippen molar-refractivity contribution in [3.63, 3.8) is 0 Å². The summed E-state index contributed by atoms with van der Waals surface area (Å²) in [5.74, 6) is 0.122. The molecule has 0 saturated carbocycles. The average Bonchev–Trinajstić information content (AvgIpc) is 2.41. The Labute approximate surface area is 134 Å². The SMILES string of the molecule is CCCC(=O)NCCOCCOCCNC(=O)CCI. The van der Waals surface area contributed by atoms with Gasteiger partial charge in [0.15, 0.2) is 0 Å². The molecule has 0 rings (SSSR count). The second-order valence-electron chi connectivity index (χ2n) is 4.11. The lowest BCUT2D eigenvalue weighted by molar-refractivity contribution is -0.122. The first-order chi connectivity index (χ1) is 9.70. The van der Waals surface area contributed by atoms with Crippen LogP contribution in [0.2, 0.25) is 0 Å². The summed E-state index contributed by atoms with van der Waals surface area (Å²) in [7, 11) is 0. The fourth-order valence-corrected chi connectivity index (χ4v) is 1.83. The fraction of sp³-hybridized carbons (Fsp3) is 0.846. The number of carbonyl (C=O) groups excluding carboxylic acids is 2. The van der Waals surface area contributed by atoms with Crippen LogP contribution in [0.25, 0.3) is 0 Å². The summed E-state index contributed by atoms with van der Waals surface area (Å²) >= 11 is 2.17. The minimum absolute atomic E-state index is 0.0575. The second-order valence-corrected chi connectivity index (χ2v) is 5.19. The van der Waals surface area contributed by atoms with Crippen LogP contribution in [0.4, 0.5) is 0 Å². The Kier molecular flexibility index (Phi) is 14.7. The highest BCUT2D eigenvalue weighted by Crippen LogP contribution is 1.87. The Bertz CT molecular complexity index is 239. The van der Waals surface area contributed by atoms with Crippen molar-refractivity contribution in [2.45, 2.75) is 26.2 Å². The molecular formula is C13H25IN2O4. The second kappa shape index (κ2) is 15.0. The van der Waals surface area contributed by atoms with Crippen molar-refractivity contribution in [3.8, 4) is 0 Å². The average molecular weight is 400 g/mol. The van der Waals surface area contributed by atoms with E-state index in [0.29, 0.717) is 52.4 Å². The van der Waals surface area contributed by atoms with E-state index in [0.717, 1.165) is 10.8 Å². The minimum Gasteiger partial charge on any atom is -0.377 e. The van der Waals surface area contributed by atoms with E-state index >= 15 is 0 Å². The maximum absolute atomic E-state index is 11.1. The van der Waals surface area contributed by atoms with Crippen molar-refractivity contribution in [2.75, 3.05) is 43.9 Å². The number of hydrogen-bond acceptors (Lipinski definition) is 4. The summed E-state index contributed by atoms with van der Waals surface area (Å²) < 4.78 is 11.4. The van der Waals surface area contributed by atoms with Crippen LogP contribution in [-0.2, 0) is 19.1 Å². The van der Waals surface area contributed by atoms with Crippen LogP contribution in [0.5, 0.6) is 0 Å². The smallest absolute Gasteiger partial charge is 0.220 e. The zero-order valence-electron chi connectivity index (χ0n) is 12.1. The van der Waals surface area contributed by atoms with E-state index in [9.17, 15) is 9.59 Å². The zero-order valence-corrected chi connectivity index (χ0v) is 14.2. The first-order valence-electron chi connectivity index (χ1n) is 6.95. The van der Waals surface area contributed by atoms with Crippen LogP contribution in [-0.4, -0.2) is 55.8 Å². The largest absolute Gasteiger partial charge is 0.377 e. The summed E-state index contributed by atoms with van der Waals surface area (Å²) in [4.78, 5) is 22.2. The lowest BCUT2D eigenvalue weighted by Crippen LogP contribution is -2.28. The predicted molar refractivity (Wildman–Crippen MR) is 86.1 cm³/mol. The number of ether oxygens (including phenoxy) is 2. The Balaban J connectivity index is 3.13. The lowest BCUT2D eigenvalue weighted by atomic mass is 10.3. The molecule has 0 atom stereocenters. The fourth-order valence-electron chi connectivity index (χ4n) is 1.34. The third-order valence-corrected chi connectivity index (χ3v) is 2.85. The van der Waals surface area contributed by atoms with Gasteiger partial charge in [-0.25, -0.2) is 0 Å². The number of nitrogens with one attached hydrogen (secondary N) is 2. The normalized spacial score (nSPS) is 10.3. The molecule has 0 aliphatic carbocycles. The molecule has 2 amide bonds. The maximum Gasteiger partial charge on any atom is 0.220 e. The van der Waals surface area contributed by atoms with Gasteiger partial charge in [0, 0.05) is 30.4 Å². The summed E-state index contributed by atoms with van der Waals surface area (Å²) in [5, 5.41) is 5.53. The first kappa shape index (κ1) is 19.6. The van der Waals surface area contributed by atoms with Crippen molar-refractivity contribution in [1.82, 2.24) is 10.6 Å². The quantitative estimate of drug-likeness (QED) is 0.273. The van der Waals surface area contributed by atoms with Gasteiger partial charge in [-0.15, -0.1) is 0 Å². The molecule has 0 saturated heterocycles. The molecule has 7 heteroatoms. The molecule has 0 aromatic carbocycles. The molecule has 2 N–H and O–H groups in total. The lowest BCUT2D eigenvalue weighted by Gasteiger charge is -2.07. The number of carbonyl (C=O) groups is 2. The Morgan fingerprint density at radius 2 is 1.40 bits per heavy atom. The highest BCUT2D eigenvalue weighted by Gasteiger charge is 1.99. The van der Waals surface area contributed by atoms with Crippen LogP contribution in [0.1, 0.15) is 26.2 Å². The summed E-state index contributed by atoms with van der Waals surface area (Å²) in [6.07, 6.45) is 1.97. The molecule has 0 unspecified atom stereocenters. The molecule has 0 heterocycles. The van der Waals surface area contributed by atoms with Gasteiger partial charge in [0.2, 0.25) is 11.8 Å². The highest BCUT2D eigenvalue weighted by molar-refractivity contribution is 14.1. The van der Waals surface area contributed by atoms with Gasteiger partial charge in [0.05, 0.1) is 26.4 Å². The number of rotatable bonds is 13. The number of alkyl halides is 1. The van der Waals surface area contributed by atoms with Crippen LogP contribution in [0.15, 0.2) is 0 Å². The van der Waals surface area contributed by atoms with E-state index in [1.54, 1.807) is 0 Å².